The molecule has 1 rings (SSSR count). The Labute approximate surface area is 101 Å². The van der Waals surface area contributed by atoms with Gasteiger partial charge in [-0.2, -0.15) is 0 Å². The average molecular weight is 263 g/mol. The molecule has 0 aliphatic heterocycles. The Morgan fingerprint density at radius 1 is 1.31 bits per heavy atom. The van der Waals surface area contributed by atoms with Crippen LogP contribution in [0.5, 0.6) is 5.75 Å². The van der Waals surface area contributed by atoms with Gasteiger partial charge >= 0.3 is 0 Å². The minimum atomic E-state index is -2.90. The molecular formula is C11H15ClO3S. The van der Waals surface area contributed by atoms with E-state index in [1.165, 1.54) is 6.26 Å². The molecule has 0 radical (unpaired) electrons. The second kappa shape index (κ2) is 6.11. The van der Waals surface area contributed by atoms with E-state index in [9.17, 15) is 8.42 Å². The first kappa shape index (κ1) is 13.3. The number of rotatable bonds is 6. The van der Waals surface area contributed by atoms with Gasteiger partial charge in [-0.25, -0.2) is 8.42 Å². The van der Waals surface area contributed by atoms with Gasteiger partial charge < -0.3 is 4.74 Å². The molecule has 5 heteroatoms. The number of ether oxygens (including phenoxy) is 1. The molecule has 1 aromatic rings. The zero-order valence-electron chi connectivity index (χ0n) is 9.15. The Kier molecular flexibility index (Phi) is 5.09. The number of alkyl halides is 1. The number of para-hydroxylation sites is 1. The topological polar surface area (TPSA) is 43.4 Å². The normalized spacial score (nSPS) is 11.4. The van der Waals surface area contributed by atoms with E-state index in [2.05, 4.69) is 0 Å². The molecule has 0 bridgehead atoms. The van der Waals surface area contributed by atoms with E-state index in [-0.39, 0.29) is 5.75 Å². The molecule has 0 spiro atoms. The Balaban J connectivity index is 2.43. The van der Waals surface area contributed by atoms with Crippen LogP contribution in [0.25, 0.3) is 0 Å². The first-order valence-corrected chi connectivity index (χ1v) is 7.57. The summed E-state index contributed by atoms with van der Waals surface area (Å²) in [6, 6.07) is 7.47. The maximum atomic E-state index is 10.9. The molecule has 90 valence electrons. The third-order valence-electron chi connectivity index (χ3n) is 2.03. The summed E-state index contributed by atoms with van der Waals surface area (Å²) in [5.74, 6) is 1.27. The second-order valence-corrected chi connectivity index (χ2v) is 6.10. The van der Waals surface area contributed by atoms with Crippen molar-refractivity contribution in [3.8, 4) is 5.75 Å². The SMILES string of the molecule is CS(=O)(=O)CCCOc1ccccc1CCl. The Bertz CT molecular complexity index is 429. The van der Waals surface area contributed by atoms with E-state index in [1.807, 2.05) is 24.3 Å². The summed E-state index contributed by atoms with van der Waals surface area (Å²) >= 11 is 5.74. The van der Waals surface area contributed by atoms with Gasteiger partial charge in [-0.3, -0.25) is 0 Å². The van der Waals surface area contributed by atoms with Gasteiger partial charge in [-0.15, -0.1) is 11.6 Å². The standard InChI is InChI=1S/C11H15ClO3S/c1-16(13,14)8-4-7-15-11-6-3-2-5-10(11)9-12/h2-3,5-6H,4,7-9H2,1H3. The summed E-state index contributed by atoms with van der Waals surface area (Å²) in [5.41, 5.74) is 0.920. The van der Waals surface area contributed by atoms with Crippen LogP contribution in [0.3, 0.4) is 0 Å². The zero-order chi connectivity index (χ0) is 12.0. The third kappa shape index (κ3) is 4.86. The molecule has 0 aliphatic rings. The van der Waals surface area contributed by atoms with Crippen molar-refractivity contribution in [3.05, 3.63) is 29.8 Å². The molecule has 0 heterocycles. The van der Waals surface area contributed by atoms with Gasteiger partial charge in [0.25, 0.3) is 0 Å². The Morgan fingerprint density at radius 2 is 2.00 bits per heavy atom. The number of sulfone groups is 1. The lowest BCUT2D eigenvalue weighted by Gasteiger charge is -2.09. The van der Waals surface area contributed by atoms with Crippen molar-refractivity contribution in [2.75, 3.05) is 18.6 Å². The van der Waals surface area contributed by atoms with E-state index in [0.717, 1.165) is 11.3 Å². The van der Waals surface area contributed by atoms with Crippen LogP contribution in [0.15, 0.2) is 24.3 Å². The van der Waals surface area contributed by atoms with Crippen molar-refractivity contribution < 1.29 is 13.2 Å². The molecular weight excluding hydrogens is 248 g/mol. The van der Waals surface area contributed by atoms with Crippen LogP contribution >= 0.6 is 11.6 Å². The first-order valence-electron chi connectivity index (χ1n) is 4.97. The second-order valence-electron chi connectivity index (χ2n) is 3.57. The molecule has 0 saturated carbocycles. The van der Waals surface area contributed by atoms with Gasteiger partial charge in [0.2, 0.25) is 0 Å². The van der Waals surface area contributed by atoms with Crippen LogP contribution in [0, 0.1) is 0 Å². The molecule has 0 unspecified atom stereocenters. The first-order chi connectivity index (χ1) is 7.53. The molecule has 0 fully saturated rings. The van der Waals surface area contributed by atoms with Gasteiger partial charge in [0.05, 0.1) is 18.2 Å². The van der Waals surface area contributed by atoms with Crippen molar-refractivity contribution in [1.82, 2.24) is 0 Å². The molecule has 0 atom stereocenters. The summed E-state index contributed by atoms with van der Waals surface area (Å²) < 4.78 is 27.3. The van der Waals surface area contributed by atoms with Crippen molar-refractivity contribution in [2.24, 2.45) is 0 Å². The van der Waals surface area contributed by atoms with E-state index in [4.69, 9.17) is 16.3 Å². The van der Waals surface area contributed by atoms with Crippen molar-refractivity contribution in [2.45, 2.75) is 12.3 Å². The lowest BCUT2D eigenvalue weighted by atomic mass is 10.2. The summed E-state index contributed by atoms with van der Waals surface area (Å²) in [4.78, 5) is 0. The number of hydrogen-bond acceptors (Lipinski definition) is 3. The fraction of sp³-hybridized carbons (Fsp3) is 0.455. The monoisotopic (exact) mass is 262 g/mol. The number of benzene rings is 1. The quantitative estimate of drug-likeness (QED) is 0.583. The fourth-order valence-corrected chi connectivity index (χ4v) is 2.12. The number of hydrogen-bond donors (Lipinski definition) is 0. The zero-order valence-corrected chi connectivity index (χ0v) is 10.7. The highest BCUT2D eigenvalue weighted by molar-refractivity contribution is 7.90. The summed E-state index contributed by atoms with van der Waals surface area (Å²) in [7, 11) is -2.90. The van der Waals surface area contributed by atoms with Crippen LogP contribution in [0.2, 0.25) is 0 Å². The van der Waals surface area contributed by atoms with Crippen molar-refractivity contribution in [3.63, 3.8) is 0 Å². The summed E-state index contributed by atoms with van der Waals surface area (Å²) in [6.07, 6.45) is 1.72. The molecule has 0 N–H and O–H groups in total. The van der Waals surface area contributed by atoms with Crippen LogP contribution in [-0.2, 0) is 15.7 Å². The maximum Gasteiger partial charge on any atom is 0.147 e. The van der Waals surface area contributed by atoms with Gasteiger partial charge in [0.15, 0.2) is 0 Å². The smallest absolute Gasteiger partial charge is 0.147 e. The Hall–Kier alpha value is -0.740. The molecule has 0 amide bonds. The van der Waals surface area contributed by atoms with Crippen LogP contribution in [-0.4, -0.2) is 27.0 Å². The Morgan fingerprint density at radius 3 is 2.62 bits per heavy atom. The minimum absolute atomic E-state index is 0.149. The van der Waals surface area contributed by atoms with E-state index < -0.39 is 9.84 Å². The molecule has 1 aromatic carbocycles. The van der Waals surface area contributed by atoms with Crippen molar-refractivity contribution >= 4 is 21.4 Å². The molecule has 16 heavy (non-hydrogen) atoms. The highest BCUT2D eigenvalue weighted by Gasteiger charge is 2.04. The van der Waals surface area contributed by atoms with Gasteiger partial charge in [0, 0.05) is 11.8 Å². The molecule has 0 saturated heterocycles. The summed E-state index contributed by atoms with van der Waals surface area (Å²) in [5, 5.41) is 0. The molecule has 0 aromatic heterocycles. The van der Waals surface area contributed by atoms with E-state index >= 15 is 0 Å². The molecule has 0 aliphatic carbocycles. The van der Waals surface area contributed by atoms with E-state index in [1.54, 1.807) is 0 Å². The lowest BCUT2D eigenvalue weighted by Crippen LogP contribution is -2.08. The van der Waals surface area contributed by atoms with Gasteiger partial charge in [-0.05, 0) is 12.5 Å². The minimum Gasteiger partial charge on any atom is -0.493 e. The van der Waals surface area contributed by atoms with Crippen LogP contribution < -0.4 is 4.74 Å². The predicted octanol–water partition coefficient (Wildman–Crippen LogP) is 2.24. The highest BCUT2D eigenvalue weighted by atomic mass is 35.5. The van der Waals surface area contributed by atoms with Crippen LogP contribution in [0.1, 0.15) is 12.0 Å². The number of halogens is 1. The largest absolute Gasteiger partial charge is 0.493 e. The molecule has 3 nitrogen and oxygen atoms in total. The average Bonchev–Trinajstić information content (AvgIpc) is 2.23. The predicted molar refractivity (Wildman–Crippen MR) is 65.8 cm³/mol. The van der Waals surface area contributed by atoms with Gasteiger partial charge in [0.1, 0.15) is 15.6 Å². The third-order valence-corrected chi connectivity index (χ3v) is 3.35. The lowest BCUT2D eigenvalue weighted by molar-refractivity contribution is 0.315. The van der Waals surface area contributed by atoms with Crippen LogP contribution in [0.4, 0.5) is 0 Å². The van der Waals surface area contributed by atoms with E-state index in [0.29, 0.717) is 18.9 Å². The highest BCUT2D eigenvalue weighted by Crippen LogP contribution is 2.19. The summed E-state index contributed by atoms with van der Waals surface area (Å²) in [6.45, 7) is 0.390. The fourth-order valence-electron chi connectivity index (χ4n) is 1.26. The van der Waals surface area contributed by atoms with Gasteiger partial charge in [-0.1, -0.05) is 18.2 Å². The maximum absolute atomic E-state index is 10.9. The van der Waals surface area contributed by atoms with Crippen molar-refractivity contribution in [1.29, 1.82) is 0 Å².